The molecule has 2 aromatic heterocycles. The van der Waals surface area contributed by atoms with Gasteiger partial charge in [0.2, 0.25) is 5.91 Å². The van der Waals surface area contributed by atoms with E-state index in [4.69, 9.17) is 0 Å². The summed E-state index contributed by atoms with van der Waals surface area (Å²) in [7, 11) is 0. The second-order valence-corrected chi connectivity index (χ2v) is 8.16. The van der Waals surface area contributed by atoms with Gasteiger partial charge in [-0.15, -0.1) is 5.10 Å². The minimum atomic E-state index is -0.0983. The van der Waals surface area contributed by atoms with Crippen molar-refractivity contribution in [2.24, 2.45) is 0 Å². The number of nitrogens with zero attached hydrogens (tertiary/aromatic N) is 7. The monoisotopic (exact) mass is 419 g/mol. The lowest BCUT2D eigenvalue weighted by Gasteiger charge is -2.28. The second kappa shape index (κ2) is 8.33. The van der Waals surface area contributed by atoms with Gasteiger partial charge in [0, 0.05) is 32.0 Å². The number of carbonyl (C=O) groups excluding carboxylic acids is 2. The molecule has 0 spiro atoms. The van der Waals surface area contributed by atoms with Gasteiger partial charge in [-0.1, -0.05) is 29.5 Å². The van der Waals surface area contributed by atoms with E-state index in [9.17, 15) is 9.59 Å². The number of likely N-dealkylation sites (tertiary alicyclic amines) is 1. The minimum absolute atomic E-state index is 0.0505. The quantitative estimate of drug-likeness (QED) is 0.623. The first-order chi connectivity index (χ1) is 15.2. The molecule has 5 rings (SSSR count). The van der Waals surface area contributed by atoms with E-state index >= 15 is 0 Å². The van der Waals surface area contributed by atoms with E-state index in [0.29, 0.717) is 25.3 Å². The molecule has 1 unspecified atom stereocenters. The lowest BCUT2D eigenvalue weighted by molar-refractivity contribution is -0.133. The van der Waals surface area contributed by atoms with Gasteiger partial charge in [-0.3, -0.25) is 14.3 Å². The van der Waals surface area contributed by atoms with Crippen molar-refractivity contribution in [2.45, 2.75) is 44.9 Å². The van der Waals surface area contributed by atoms with E-state index in [2.05, 4.69) is 27.5 Å². The Morgan fingerprint density at radius 2 is 1.94 bits per heavy atom. The van der Waals surface area contributed by atoms with Gasteiger partial charge in [0.25, 0.3) is 5.91 Å². The summed E-state index contributed by atoms with van der Waals surface area (Å²) < 4.78 is 3.33. The Morgan fingerprint density at radius 1 is 1.06 bits per heavy atom. The highest BCUT2D eigenvalue weighted by Crippen LogP contribution is 2.21. The fourth-order valence-electron chi connectivity index (χ4n) is 4.51. The third kappa shape index (κ3) is 4.08. The maximum absolute atomic E-state index is 12.9. The summed E-state index contributed by atoms with van der Waals surface area (Å²) in [4.78, 5) is 29.4. The van der Waals surface area contributed by atoms with Crippen LogP contribution in [0.5, 0.6) is 0 Å². The lowest BCUT2D eigenvalue weighted by atomic mass is 10.00. The van der Waals surface area contributed by atoms with Crippen LogP contribution in [0.4, 0.5) is 0 Å². The van der Waals surface area contributed by atoms with Crippen LogP contribution in [0.1, 0.15) is 34.5 Å². The van der Waals surface area contributed by atoms with Crippen LogP contribution < -0.4 is 0 Å². The molecule has 0 N–H and O–H groups in total. The maximum atomic E-state index is 12.9. The van der Waals surface area contributed by atoms with Gasteiger partial charge in [0.05, 0.1) is 18.8 Å². The third-order valence-electron chi connectivity index (χ3n) is 6.13. The molecule has 2 aliphatic rings. The fraction of sp³-hybridized carbons (Fsp3) is 0.409. The van der Waals surface area contributed by atoms with Crippen LogP contribution in [0.3, 0.4) is 0 Å². The van der Waals surface area contributed by atoms with Gasteiger partial charge in [0.15, 0.2) is 5.69 Å². The number of rotatable bonds is 5. The smallest absolute Gasteiger partial charge is 0.276 e. The third-order valence-corrected chi connectivity index (χ3v) is 6.13. The molecule has 9 nitrogen and oxygen atoms in total. The van der Waals surface area contributed by atoms with Crippen molar-refractivity contribution in [3.8, 4) is 0 Å². The molecule has 0 radical (unpaired) electrons. The summed E-state index contributed by atoms with van der Waals surface area (Å²) in [6, 6.07) is 10.1. The fourth-order valence-corrected chi connectivity index (χ4v) is 4.51. The average Bonchev–Trinajstić information content (AvgIpc) is 3.55. The van der Waals surface area contributed by atoms with Crippen LogP contribution in [0, 0.1) is 0 Å². The largest absolute Gasteiger partial charge is 0.336 e. The highest BCUT2D eigenvalue weighted by atomic mass is 16.2. The Bertz CT molecular complexity index is 1080. The van der Waals surface area contributed by atoms with Gasteiger partial charge >= 0.3 is 0 Å². The van der Waals surface area contributed by atoms with Gasteiger partial charge in [-0.25, -0.2) is 4.68 Å². The van der Waals surface area contributed by atoms with Gasteiger partial charge in [-0.05, 0) is 36.5 Å². The van der Waals surface area contributed by atoms with Crippen LogP contribution in [-0.2, 0) is 30.8 Å². The van der Waals surface area contributed by atoms with E-state index in [0.717, 1.165) is 25.8 Å². The summed E-state index contributed by atoms with van der Waals surface area (Å²) in [5.74, 6) is -0.0478. The molecular formula is C22H25N7O2. The zero-order valence-corrected chi connectivity index (χ0v) is 17.3. The number of fused-ring (bicyclic) bond motifs is 1. The average molecular weight is 419 g/mol. The molecule has 9 heteroatoms. The molecule has 3 aromatic rings. The van der Waals surface area contributed by atoms with Gasteiger partial charge in [0.1, 0.15) is 6.54 Å². The number of hydrogen-bond acceptors (Lipinski definition) is 5. The van der Waals surface area contributed by atoms with Gasteiger partial charge < -0.3 is 9.80 Å². The molecule has 1 aromatic carbocycles. The molecule has 31 heavy (non-hydrogen) atoms. The molecule has 1 saturated heterocycles. The molecule has 2 aliphatic heterocycles. The number of aromatic nitrogens is 5. The standard InChI is InChI=1S/C22H25N7O2/c30-21(16-27-10-4-9-23-27)29-11-3-7-19(29)14-28-15-20(24-25-28)22(31)26-12-8-17-5-1-2-6-18(17)13-26/h1-2,4-6,9-10,15,19H,3,7-8,11-14,16H2. The van der Waals surface area contributed by atoms with Crippen molar-refractivity contribution >= 4 is 11.8 Å². The molecule has 0 saturated carbocycles. The summed E-state index contributed by atoms with van der Waals surface area (Å²) in [6.45, 7) is 2.79. The SMILES string of the molecule is O=C(c1cn(CC2CCCN2C(=O)Cn2cccn2)nn1)N1CCc2ccccc2C1. The second-order valence-electron chi connectivity index (χ2n) is 8.16. The Morgan fingerprint density at radius 3 is 2.77 bits per heavy atom. The van der Waals surface area contributed by atoms with Crippen LogP contribution >= 0.6 is 0 Å². The summed E-state index contributed by atoms with van der Waals surface area (Å²) in [5.41, 5.74) is 2.84. The molecule has 1 fully saturated rings. The minimum Gasteiger partial charge on any atom is -0.336 e. The van der Waals surface area contributed by atoms with E-state index in [1.807, 2.05) is 28.0 Å². The van der Waals surface area contributed by atoms with Crippen molar-refractivity contribution in [1.29, 1.82) is 0 Å². The number of amides is 2. The predicted molar refractivity (Wildman–Crippen MR) is 112 cm³/mol. The molecule has 0 bridgehead atoms. The molecule has 1 atom stereocenters. The van der Waals surface area contributed by atoms with Crippen molar-refractivity contribution in [3.05, 3.63) is 65.7 Å². The summed E-state index contributed by atoms with van der Waals surface area (Å²) in [6.07, 6.45) is 7.89. The van der Waals surface area contributed by atoms with E-state index < -0.39 is 0 Å². The van der Waals surface area contributed by atoms with E-state index in [1.165, 1.54) is 11.1 Å². The van der Waals surface area contributed by atoms with Crippen molar-refractivity contribution < 1.29 is 9.59 Å². The van der Waals surface area contributed by atoms with Crippen LogP contribution in [-0.4, -0.2) is 65.5 Å². The topological polar surface area (TPSA) is 89.2 Å². The number of benzene rings is 1. The first kappa shape index (κ1) is 19.5. The van der Waals surface area contributed by atoms with Crippen LogP contribution in [0.15, 0.2) is 48.9 Å². The molecular weight excluding hydrogens is 394 g/mol. The Hall–Kier alpha value is -3.49. The van der Waals surface area contributed by atoms with E-state index in [1.54, 1.807) is 28.0 Å². The number of carbonyl (C=O) groups is 2. The lowest BCUT2D eigenvalue weighted by Crippen LogP contribution is -2.40. The zero-order chi connectivity index (χ0) is 21.2. The molecule has 2 amide bonds. The normalized spacial score (nSPS) is 18.3. The first-order valence-corrected chi connectivity index (χ1v) is 10.7. The summed E-state index contributed by atoms with van der Waals surface area (Å²) in [5, 5.41) is 12.4. The molecule has 0 aliphatic carbocycles. The first-order valence-electron chi connectivity index (χ1n) is 10.7. The molecule has 4 heterocycles. The van der Waals surface area contributed by atoms with Crippen LogP contribution in [0.2, 0.25) is 0 Å². The molecule has 160 valence electrons. The Balaban J connectivity index is 1.22. The summed E-state index contributed by atoms with van der Waals surface area (Å²) >= 11 is 0. The van der Waals surface area contributed by atoms with Crippen molar-refractivity contribution in [3.63, 3.8) is 0 Å². The Labute approximate surface area is 180 Å². The number of hydrogen-bond donors (Lipinski definition) is 0. The predicted octanol–water partition coefficient (Wildman–Crippen LogP) is 1.36. The van der Waals surface area contributed by atoms with Crippen LogP contribution in [0.25, 0.3) is 0 Å². The van der Waals surface area contributed by atoms with Crippen molar-refractivity contribution in [1.82, 2.24) is 34.6 Å². The highest BCUT2D eigenvalue weighted by Gasteiger charge is 2.30. The van der Waals surface area contributed by atoms with Crippen molar-refractivity contribution in [2.75, 3.05) is 13.1 Å². The van der Waals surface area contributed by atoms with E-state index in [-0.39, 0.29) is 24.4 Å². The highest BCUT2D eigenvalue weighted by molar-refractivity contribution is 5.92. The Kier molecular flexibility index (Phi) is 5.23. The maximum Gasteiger partial charge on any atom is 0.276 e. The zero-order valence-electron chi connectivity index (χ0n) is 17.3. The van der Waals surface area contributed by atoms with Gasteiger partial charge in [-0.2, -0.15) is 5.10 Å².